The van der Waals surface area contributed by atoms with E-state index in [1.54, 1.807) is 30.0 Å². The van der Waals surface area contributed by atoms with Crippen LogP contribution in [0, 0.1) is 0 Å². The number of anilines is 2. The topological polar surface area (TPSA) is 188 Å². The average Bonchev–Trinajstić information content (AvgIpc) is 3.69. The zero-order chi connectivity index (χ0) is 31.3. The maximum Gasteiger partial charge on any atom is 0.415 e. The highest BCUT2D eigenvalue weighted by molar-refractivity contribution is 6.01. The van der Waals surface area contributed by atoms with Crippen molar-refractivity contribution in [2.24, 2.45) is 5.10 Å². The molecule has 0 saturated carbocycles. The number of para-hydroxylation sites is 1. The summed E-state index contributed by atoms with van der Waals surface area (Å²) in [6, 6.07) is 13.1. The van der Waals surface area contributed by atoms with E-state index in [1.807, 2.05) is 18.2 Å². The fraction of sp³-hybridized carbons (Fsp3) is 0.345. The van der Waals surface area contributed by atoms with Crippen LogP contribution in [0.5, 0.6) is 11.5 Å². The van der Waals surface area contributed by atoms with Crippen LogP contribution in [0.1, 0.15) is 40.7 Å². The summed E-state index contributed by atoms with van der Waals surface area (Å²) in [7, 11) is 1.47. The fourth-order valence-corrected chi connectivity index (χ4v) is 5.22. The van der Waals surface area contributed by atoms with Crippen LogP contribution in [-0.2, 0) is 17.7 Å². The predicted octanol–water partition coefficient (Wildman–Crippen LogP) is 2.18. The Balaban J connectivity index is 1.22. The van der Waals surface area contributed by atoms with Gasteiger partial charge in [-0.1, -0.05) is 23.4 Å². The molecule has 2 aliphatic heterocycles. The van der Waals surface area contributed by atoms with Gasteiger partial charge >= 0.3 is 6.09 Å². The van der Waals surface area contributed by atoms with Gasteiger partial charge in [0.2, 0.25) is 11.6 Å². The number of hydrazone groups is 1. The third-order valence-corrected chi connectivity index (χ3v) is 7.59. The minimum absolute atomic E-state index is 0.00837. The number of nitrogen functional groups attached to an aromatic ring is 1. The number of ether oxygens (including phenoxy) is 3. The zero-order valence-corrected chi connectivity index (χ0v) is 24.8. The van der Waals surface area contributed by atoms with Crippen LogP contribution in [0.15, 0.2) is 52.2 Å². The van der Waals surface area contributed by atoms with Crippen molar-refractivity contribution in [1.82, 2.24) is 35.6 Å². The molecule has 4 aromatic rings. The second-order valence-corrected chi connectivity index (χ2v) is 10.4. The van der Waals surface area contributed by atoms with Crippen LogP contribution in [0.2, 0.25) is 0 Å². The van der Waals surface area contributed by atoms with Gasteiger partial charge in [-0.2, -0.15) is 9.78 Å². The number of morpholine rings is 1. The van der Waals surface area contributed by atoms with Crippen molar-refractivity contribution >= 4 is 29.2 Å². The molecule has 234 valence electrons. The summed E-state index contributed by atoms with van der Waals surface area (Å²) in [6.07, 6.45) is 1.43. The highest BCUT2D eigenvalue weighted by atomic mass is 16.6. The Morgan fingerprint density at radius 1 is 1.09 bits per heavy atom. The van der Waals surface area contributed by atoms with Gasteiger partial charge in [-0.05, 0) is 59.9 Å². The van der Waals surface area contributed by atoms with E-state index in [9.17, 15) is 9.59 Å². The predicted molar refractivity (Wildman–Crippen MR) is 161 cm³/mol. The summed E-state index contributed by atoms with van der Waals surface area (Å²) in [5, 5.41) is 20.1. The van der Waals surface area contributed by atoms with Crippen molar-refractivity contribution in [2.75, 3.05) is 50.6 Å². The van der Waals surface area contributed by atoms with Crippen LogP contribution in [0.3, 0.4) is 0 Å². The van der Waals surface area contributed by atoms with Crippen molar-refractivity contribution in [3.8, 4) is 17.3 Å². The number of amides is 2. The lowest BCUT2D eigenvalue weighted by Gasteiger charge is -2.31. The first-order chi connectivity index (χ1) is 21.9. The molecule has 0 radical (unpaired) electrons. The summed E-state index contributed by atoms with van der Waals surface area (Å²) in [6.45, 7) is 4.61. The first-order valence-corrected chi connectivity index (χ1v) is 14.4. The third-order valence-electron chi connectivity index (χ3n) is 7.59. The van der Waals surface area contributed by atoms with Gasteiger partial charge in [-0.15, -0.1) is 5.10 Å². The van der Waals surface area contributed by atoms with Gasteiger partial charge in [0.15, 0.2) is 17.2 Å². The monoisotopic (exact) mass is 616 g/mol. The number of fused-ring (bicyclic) bond motifs is 1. The summed E-state index contributed by atoms with van der Waals surface area (Å²) in [5.74, 6) is 0.147. The lowest BCUT2D eigenvalue weighted by atomic mass is 10.0. The van der Waals surface area contributed by atoms with E-state index >= 15 is 0 Å². The van der Waals surface area contributed by atoms with E-state index in [0.717, 1.165) is 25.1 Å². The molecule has 1 saturated heterocycles. The van der Waals surface area contributed by atoms with Crippen LogP contribution in [0.4, 0.5) is 16.3 Å². The van der Waals surface area contributed by atoms with Gasteiger partial charge < -0.3 is 29.7 Å². The number of methoxy groups -OCH3 is 1. The van der Waals surface area contributed by atoms with E-state index in [4.69, 9.17) is 24.6 Å². The van der Waals surface area contributed by atoms with Gasteiger partial charge in [0.25, 0.3) is 5.91 Å². The Morgan fingerprint density at radius 2 is 1.91 bits per heavy atom. The summed E-state index contributed by atoms with van der Waals surface area (Å²) in [4.78, 5) is 29.8. The van der Waals surface area contributed by atoms with Crippen molar-refractivity contribution in [3.63, 3.8) is 0 Å². The van der Waals surface area contributed by atoms with Gasteiger partial charge in [0.05, 0.1) is 38.3 Å². The van der Waals surface area contributed by atoms with Gasteiger partial charge in [0.1, 0.15) is 0 Å². The molecule has 2 amide bonds. The molecule has 16 heteroatoms. The number of hydrogen-bond acceptors (Lipinski definition) is 13. The first-order valence-electron chi connectivity index (χ1n) is 14.4. The van der Waals surface area contributed by atoms with Gasteiger partial charge in [0, 0.05) is 30.9 Å². The average molecular weight is 617 g/mol. The molecule has 2 aromatic carbocycles. The lowest BCUT2D eigenvalue weighted by molar-refractivity contribution is 0.0413. The third kappa shape index (κ3) is 6.26. The molecular formula is C29H32N10O6. The Bertz CT molecular complexity index is 1730. The van der Waals surface area contributed by atoms with Crippen molar-refractivity contribution in [3.05, 3.63) is 65.0 Å². The van der Waals surface area contributed by atoms with E-state index in [2.05, 4.69) is 42.1 Å². The zero-order valence-electron chi connectivity index (χ0n) is 24.8. The molecule has 0 unspecified atom stereocenters. The number of hydrogen-bond donors (Lipinski definition) is 2. The van der Waals surface area contributed by atoms with Crippen LogP contribution >= 0.6 is 0 Å². The van der Waals surface area contributed by atoms with Crippen LogP contribution < -0.4 is 25.5 Å². The molecule has 16 nitrogen and oxygen atoms in total. The minimum Gasteiger partial charge on any atom is -0.493 e. The Hall–Kier alpha value is -5.51. The smallest absolute Gasteiger partial charge is 0.415 e. The lowest BCUT2D eigenvalue weighted by Crippen LogP contribution is -2.42. The Morgan fingerprint density at radius 3 is 2.69 bits per heavy atom. The van der Waals surface area contributed by atoms with Gasteiger partial charge in [-0.3, -0.25) is 4.79 Å². The second kappa shape index (κ2) is 13.0. The number of nitrogens with zero attached hydrogens (tertiary/aromatic N) is 8. The molecule has 45 heavy (non-hydrogen) atoms. The molecule has 4 heterocycles. The highest BCUT2D eigenvalue weighted by Gasteiger charge is 2.27. The molecule has 0 aliphatic carbocycles. The minimum atomic E-state index is -0.584. The molecule has 3 N–H and O–H groups in total. The summed E-state index contributed by atoms with van der Waals surface area (Å²) < 4.78 is 22.4. The standard InChI is InChI=1S/C29H32N10O6/c1-18(20-9-10-23(24(16-20)42-2)44-29(41)37-12-14-43-15-13-37)31-33-28(40)25-22(39(36-32-25)27-26(30)34-45-35-27)17-38-11-5-7-19-6-3-4-8-21(19)38/h3-4,6,8-10,16H,5,7,11-15,17H2,1-2H3,(H2,30,34)(H,33,40)/b31-18-. The number of rotatable bonds is 8. The molecule has 0 atom stereocenters. The van der Waals surface area contributed by atoms with Crippen LogP contribution in [-0.4, -0.2) is 87.9 Å². The molecule has 6 rings (SSSR count). The van der Waals surface area contributed by atoms with Crippen LogP contribution in [0.25, 0.3) is 5.82 Å². The van der Waals surface area contributed by atoms with Gasteiger partial charge in [-0.25, -0.2) is 14.8 Å². The number of nitrogens with two attached hydrogens (primary N) is 1. The molecule has 2 aromatic heterocycles. The highest BCUT2D eigenvalue weighted by Crippen LogP contribution is 2.30. The molecule has 0 spiro atoms. The van der Waals surface area contributed by atoms with E-state index in [-0.39, 0.29) is 23.1 Å². The number of carbonyl (C=O) groups excluding carboxylic acids is 2. The molecular weight excluding hydrogens is 584 g/mol. The second-order valence-electron chi connectivity index (χ2n) is 10.4. The van der Waals surface area contributed by atoms with E-state index in [1.165, 1.54) is 17.4 Å². The number of nitrogens with one attached hydrogen (secondary N) is 1. The summed E-state index contributed by atoms with van der Waals surface area (Å²) >= 11 is 0. The summed E-state index contributed by atoms with van der Waals surface area (Å²) in [5.41, 5.74) is 12.4. The van der Waals surface area contributed by atoms with Crippen molar-refractivity contribution in [1.29, 1.82) is 0 Å². The maximum atomic E-state index is 13.5. The first kappa shape index (κ1) is 29.6. The number of carbonyl (C=O) groups is 2. The number of aromatic nitrogens is 5. The largest absolute Gasteiger partial charge is 0.493 e. The quantitative estimate of drug-likeness (QED) is 0.217. The molecule has 0 bridgehead atoms. The Labute approximate surface area is 257 Å². The molecule has 2 aliphatic rings. The van der Waals surface area contributed by atoms with Crippen molar-refractivity contribution in [2.45, 2.75) is 26.3 Å². The maximum absolute atomic E-state index is 13.5. The fourth-order valence-electron chi connectivity index (χ4n) is 5.22. The Kier molecular flexibility index (Phi) is 8.54. The molecule has 1 fully saturated rings. The van der Waals surface area contributed by atoms with Crippen molar-refractivity contribution < 1.29 is 28.4 Å². The number of aryl methyl sites for hydroxylation is 1. The SMILES string of the molecule is COc1cc(/C(C)=N\NC(=O)c2nnn(-c3nonc3N)c2CN2CCCc3ccccc32)ccc1OC(=O)N1CCOCC1. The number of benzene rings is 2. The normalized spacial score (nSPS) is 15.0. The van der Waals surface area contributed by atoms with E-state index < -0.39 is 12.0 Å². The van der Waals surface area contributed by atoms with E-state index in [0.29, 0.717) is 55.6 Å².